The second kappa shape index (κ2) is 7.12. The van der Waals surface area contributed by atoms with Gasteiger partial charge in [0.05, 0.1) is 7.11 Å². The molecule has 0 saturated carbocycles. The zero-order valence-electron chi connectivity index (χ0n) is 14.8. The summed E-state index contributed by atoms with van der Waals surface area (Å²) in [5.41, 5.74) is 2.30. The Kier molecular flexibility index (Phi) is 5.09. The minimum Gasteiger partial charge on any atom is -0.497 e. The quantitative estimate of drug-likeness (QED) is 0.772. The number of rotatable bonds is 5. The molecule has 7 heteroatoms. The van der Waals surface area contributed by atoms with Crippen LogP contribution in [0.15, 0.2) is 23.1 Å². The second-order valence-electron chi connectivity index (χ2n) is 6.20. The molecule has 2 heterocycles. The van der Waals surface area contributed by atoms with Gasteiger partial charge in [-0.15, -0.1) is 0 Å². The van der Waals surface area contributed by atoms with Gasteiger partial charge in [-0.05, 0) is 37.0 Å². The summed E-state index contributed by atoms with van der Waals surface area (Å²) in [5, 5.41) is 0.307. The molecule has 1 aromatic heterocycles. The summed E-state index contributed by atoms with van der Waals surface area (Å²) in [6.07, 6.45) is 4.10. The van der Waals surface area contributed by atoms with Gasteiger partial charge < -0.3 is 14.2 Å². The number of benzene rings is 1. The lowest BCUT2D eigenvalue weighted by Gasteiger charge is -2.23. The SMILES string of the molecule is [B]c1cc(OC)cc2c1N(c1nc(Cl)cn(C(CC)CC)c1=O)CC2. The van der Waals surface area contributed by atoms with Gasteiger partial charge in [-0.3, -0.25) is 4.79 Å². The minimum absolute atomic E-state index is 0.0991. The summed E-state index contributed by atoms with van der Waals surface area (Å²) >= 11 is 6.22. The van der Waals surface area contributed by atoms with E-state index in [2.05, 4.69) is 18.8 Å². The van der Waals surface area contributed by atoms with E-state index < -0.39 is 0 Å². The van der Waals surface area contributed by atoms with Crippen molar-refractivity contribution >= 4 is 36.4 Å². The predicted octanol–water partition coefficient (Wildman–Crippen LogP) is 2.75. The zero-order chi connectivity index (χ0) is 18.1. The molecule has 1 aliphatic heterocycles. The van der Waals surface area contributed by atoms with Crippen molar-refractivity contribution in [2.24, 2.45) is 0 Å². The van der Waals surface area contributed by atoms with Crippen LogP contribution < -0.4 is 20.7 Å². The van der Waals surface area contributed by atoms with Gasteiger partial charge >= 0.3 is 0 Å². The summed E-state index contributed by atoms with van der Waals surface area (Å²) in [7, 11) is 7.83. The standard InChI is InChI=1S/C18H21BClN3O2/c1-4-12(5-2)23-10-15(20)21-17(18(23)24)22-7-6-11-8-13(25-3)9-14(19)16(11)22/h8-10,12H,4-7H2,1-3H3. The van der Waals surface area contributed by atoms with Crippen molar-refractivity contribution in [3.63, 3.8) is 0 Å². The number of hydrogen-bond donors (Lipinski definition) is 0. The van der Waals surface area contributed by atoms with E-state index in [9.17, 15) is 4.79 Å². The maximum atomic E-state index is 13.0. The fourth-order valence-corrected chi connectivity index (χ4v) is 3.66. The Bertz CT molecular complexity index is 849. The van der Waals surface area contributed by atoms with Gasteiger partial charge in [0.2, 0.25) is 5.82 Å². The molecule has 0 unspecified atom stereocenters. The smallest absolute Gasteiger partial charge is 0.294 e. The molecule has 0 atom stereocenters. The molecular formula is C18H21BClN3O2. The molecule has 0 spiro atoms. The Morgan fingerprint density at radius 1 is 1.36 bits per heavy atom. The van der Waals surface area contributed by atoms with Crippen LogP contribution in [0.1, 0.15) is 38.3 Å². The molecule has 0 amide bonds. The van der Waals surface area contributed by atoms with Crippen LogP contribution in [0.3, 0.4) is 0 Å². The monoisotopic (exact) mass is 357 g/mol. The van der Waals surface area contributed by atoms with Gasteiger partial charge in [-0.1, -0.05) is 30.9 Å². The Balaban J connectivity index is 2.13. The van der Waals surface area contributed by atoms with Crippen molar-refractivity contribution in [2.75, 3.05) is 18.6 Å². The van der Waals surface area contributed by atoms with E-state index in [1.54, 1.807) is 23.9 Å². The van der Waals surface area contributed by atoms with Crippen molar-refractivity contribution in [2.45, 2.75) is 39.2 Å². The summed E-state index contributed by atoms with van der Waals surface area (Å²) in [4.78, 5) is 19.2. The molecule has 5 nitrogen and oxygen atoms in total. The first-order valence-corrected chi connectivity index (χ1v) is 8.90. The molecule has 0 bridgehead atoms. The van der Waals surface area contributed by atoms with Gasteiger partial charge in [0.1, 0.15) is 18.7 Å². The second-order valence-corrected chi connectivity index (χ2v) is 6.58. The molecule has 1 aromatic carbocycles. The van der Waals surface area contributed by atoms with Gasteiger partial charge in [-0.25, -0.2) is 4.98 Å². The Morgan fingerprint density at radius 2 is 2.08 bits per heavy atom. The number of fused-ring (bicyclic) bond motifs is 1. The average molecular weight is 358 g/mol. The van der Waals surface area contributed by atoms with Crippen LogP contribution in [-0.4, -0.2) is 31.1 Å². The molecule has 1 aliphatic rings. The number of nitrogens with zero attached hydrogens (tertiary/aromatic N) is 3. The third-order valence-corrected chi connectivity index (χ3v) is 4.96. The number of methoxy groups -OCH3 is 1. The van der Waals surface area contributed by atoms with Crippen molar-refractivity contribution < 1.29 is 4.74 Å². The first-order valence-electron chi connectivity index (χ1n) is 8.52. The van der Waals surface area contributed by atoms with E-state index in [-0.39, 0.29) is 11.6 Å². The summed E-state index contributed by atoms with van der Waals surface area (Å²) < 4.78 is 6.98. The first-order chi connectivity index (χ1) is 12.0. The van der Waals surface area contributed by atoms with E-state index in [4.69, 9.17) is 24.2 Å². The van der Waals surface area contributed by atoms with Gasteiger partial charge in [0.25, 0.3) is 5.56 Å². The number of halogens is 1. The largest absolute Gasteiger partial charge is 0.497 e. The molecule has 25 heavy (non-hydrogen) atoms. The van der Waals surface area contributed by atoms with Crippen LogP contribution in [-0.2, 0) is 6.42 Å². The number of hydrogen-bond acceptors (Lipinski definition) is 4. The normalized spacial score (nSPS) is 13.4. The van der Waals surface area contributed by atoms with Crippen molar-refractivity contribution in [1.82, 2.24) is 9.55 Å². The van der Waals surface area contributed by atoms with Crippen LogP contribution in [0.25, 0.3) is 0 Å². The Hall–Kier alpha value is -1.95. The van der Waals surface area contributed by atoms with Crippen LogP contribution in [0.2, 0.25) is 5.15 Å². The van der Waals surface area contributed by atoms with Crippen LogP contribution in [0.5, 0.6) is 5.75 Å². The van der Waals surface area contributed by atoms with Gasteiger partial charge in [0, 0.05) is 24.5 Å². The molecule has 0 N–H and O–H groups in total. The maximum Gasteiger partial charge on any atom is 0.294 e. The number of aromatic nitrogens is 2. The molecule has 0 aliphatic carbocycles. The lowest BCUT2D eigenvalue weighted by atomic mass is 9.91. The highest BCUT2D eigenvalue weighted by Gasteiger charge is 2.27. The lowest BCUT2D eigenvalue weighted by Crippen LogP contribution is -2.33. The molecule has 2 radical (unpaired) electrons. The average Bonchev–Trinajstić information content (AvgIpc) is 3.02. The van der Waals surface area contributed by atoms with Gasteiger partial charge in [0.15, 0.2) is 0 Å². The highest BCUT2D eigenvalue weighted by Crippen LogP contribution is 2.33. The molecule has 0 saturated heterocycles. The first kappa shape index (κ1) is 17.9. The van der Waals surface area contributed by atoms with E-state index >= 15 is 0 Å². The highest BCUT2D eigenvalue weighted by molar-refractivity contribution is 6.36. The molecule has 3 rings (SSSR count). The van der Waals surface area contributed by atoms with E-state index in [0.717, 1.165) is 30.5 Å². The third-order valence-electron chi connectivity index (χ3n) is 4.78. The molecule has 130 valence electrons. The molecule has 0 fully saturated rings. The topological polar surface area (TPSA) is 47.4 Å². The van der Waals surface area contributed by atoms with Gasteiger partial charge in [-0.2, -0.15) is 0 Å². The number of ether oxygens (including phenoxy) is 1. The van der Waals surface area contributed by atoms with Crippen molar-refractivity contribution in [1.29, 1.82) is 0 Å². The van der Waals surface area contributed by atoms with E-state index in [1.807, 2.05) is 11.0 Å². The van der Waals surface area contributed by atoms with Crippen LogP contribution in [0, 0.1) is 0 Å². The highest BCUT2D eigenvalue weighted by atomic mass is 35.5. The zero-order valence-corrected chi connectivity index (χ0v) is 15.5. The lowest BCUT2D eigenvalue weighted by molar-refractivity contribution is 0.415. The van der Waals surface area contributed by atoms with E-state index in [0.29, 0.717) is 28.7 Å². The summed E-state index contributed by atoms with van der Waals surface area (Å²) in [5.74, 6) is 1.04. The van der Waals surface area contributed by atoms with Crippen molar-refractivity contribution in [3.8, 4) is 5.75 Å². The van der Waals surface area contributed by atoms with Crippen LogP contribution in [0.4, 0.5) is 11.5 Å². The summed E-state index contributed by atoms with van der Waals surface area (Å²) in [6, 6.07) is 3.82. The molecule has 2 aromatic rings. The maximum absolute atomic E-state index is 13.0. The van der Waals surface area contributed by atoms with Crippen molar-refractivity contribution in [3.05, 3.63) is 39.4 Å². The third kappa shape index (κ3) is 3.15. The Morgan fingerprint density at radius 3 is 2.72 bits per heavy atom. The van der Waals surface area contributed by atoms with Crippen LogP contribution >= 0.6 is 11.6 Å². The Labute approximate surface area is 154 Å². The predicted molar refractivity (Wildman–Crippen MR) is 102 cm³/mol. The molecular weight excluding hydrogens is 336 g/mol. The summed E-state index contributed by atoms with van der Waals surface area (Å²) in [6.45, 7) is 4.76. The van der Waals surface area contributed by atoms with E-state index in [1.165, 1.54) is 0 Å². The minimum atomic E-state index is -0.138. The fraction of sp³-hybridized carbons (Fsp3) is 0.444. The number of anilines is 2. The fourth-order valence-electron chi connectivity index (χ4n) is 3.48.